The highest BCUT2D eigenvalue weighted by Gasteiger charge is 2.30. The molecule has 246 valence electrons. The lowest BCUT2D eigenvalue weighted by molar-refractivity contribution is 0.687. The van der Waals surface area contributed by atoms with E-state index in [1.165, 1.54) is 0 Å². The molecule has 4 nitrogen and oxygen atoms in total. The van der Waals surface area contributed by atoms with E-state index in [9.17, 15) is 0 Å². The lowest BCUT2D eigenvalue weighted by Gasteiger charge is -2.27. The predicted molar refractivity (Wildman–Crippen MR) is 216 cm³/mol. The standard InChI is InChI=1S/C47H31N3OS/c51-52(36-21-8-3-9-22-36)31-35-20-10-11-23-37(35)44(32-16-4-1-5-17-32)46(52)34-28-29-43-40(30-34)38-24-13-15-27-42(38)50(43)47-48-41-26-14-12-25-39(41)45(49-47)33-18-6-2-7-19-33/h1-31H. The van der Waals surface area contributed by atoms with Crippen LogP contribution >= 0.6 is 0 Å². The summed E-state index contributed by atoms with van der Waals surface area (Å²) in [5.41, 5.74) is 9.76. The van der Waals surface area contributed by atoms with Crippen LogP contribution in [-0.2, 0) is 9.52 Å². The van der Waals surface area contributed by atoms with E-state index in [2.05, 4.69) is 108 Å². The summed E-state index contributed by atoms with van der Waals surface area (Å²) in [5.74, 6) is 0.605. The van der Waals surface area contributed by atoms with Crippen LogP contribution in [-0.4, -0.2) is 24.1 Å². The van der Waals surface area contributed by atoms with Crippen LogP contribution in [0.3, 0.4) is 0 Å². The monoisotopic (exact) mass is 685 g/mol. The summed E-state index contributed by atoms with van der Waals surface area (Å²) >= 11 is 0. The second-order valence-electron chi connectivity index (χ2n) is 13.0. The Kier molecular flexibility index (Phi) is 7.01. The van der Waals surface area contributed by atoms with Gasteiger partial charge in [-0.1, -0.05) is 146 Å². The number of fused-ring (bicyclic) bond motifs is 5. The summed E-state index contributed by atoms with van der Waals surface area (Å²) in [4.78, 5) is 12.0. The molecule has 1 aliphatic rings. The molecule has 0 amide bonds. The summed E-state index contributed by atoms with van der Waals surface area (Å²) in [7, 11) is -2.88. The quantitative estimate of drug-likeness (QED) is 0.169. The molecule has 0 spiro atoms. The topological polar surface area (TPSA) is 47.8 Å². The van der Waals surface area contributed by atoms with Gasteiger partial charge in [0.05, 0.1) is 27.1 Å². The number of hydrogen-bond donors (Lipinski definition) is 0. The van der Waals surface area contributed by atoms with Crippen molar-refractivity contribution in [3.63, 3.8) is 0 Å². The average Bonchev–Trinajstić information content (AvgIpc) is 3.54. The molecule has 0 aliphatic carbocycles. The van der Waals surface area contributed by atoms with Gasteiger partial charge in [0.15, 0.2) is 0 Å². The number of benzene rings is 7. The first-order chi connectivity index (χ1) is 25.7. The molecule has 0 radical (unpaired) electrons. The fourth-order valence-corrected chi connectivity index (χ4v) is 10.3. The maximum atomic E-state index is 15.9. The van der Waals surface area contributed by atoms with Crippen LogP contribution in [0.15, 0.2) is 187 Å². The molecule has 1 aliphatic heterocycles. The van der Waals surface area contributed by atoms with Gasteiger partial charge < -0.3 is 0 Å². The summed E-state index contributed by atoms with van der Waals surface area (Å²) in [6.07, 6.45) is 0. The molecule has 1 atom stereocenters. The van der Waals surface area contributed by atoms with Crippen molar-refractivity contribution in [2.75, 3.05) is 0 Å². The molecule has 10 rings (SSSR count). The zero-order valence-electron chi connectivity index (χ0n) is 28.1. The van der Waals surface area contributed by atoms with E-state index >= 15 is 4.21 Å². The Morgan fingerprint density at radius 1 is 0.481 bits per heavy atom. The van der Waals surface area contributed by atoms with Crippen molar-refractivity contribution in [2.45, 2.75) is 4.90 Å². The molecule has 0 saturated heterocycles. The zero-order chi connectivity index (χ0) is 34.6. The molecule has 3 heterocycles. The maximum absolute atomic E-state index is 15.9. The van der Waals surface area contributed by atoms with Crippen LogP contribution < -0.4 is 0 Å². The van der Waals surface area contributed by atoms with E-state index in [1.54, 1.807) is 0 Å². The van der Waals surface area contributed by atoms with Gasteiger partial charge >= 0.3 is 0 Å². The Labute approximate surface area is 302 Å². The number of rotatable bonds is 5. The van der Waals surface area contributed by atoms with Gasteiger partial charge in [-0.05, 0) is 58.7 Å². The first-order valence-electron chi connectivity index (χ1n) is 17.4. The first kappa shape index (κ1) is 30.3. The Morgan fingerprint density at radius 2 is 1.10 bits per heavy atom. The van der Waals surface area contributed by atoms with Crippen molar-refractivity contribution < 1.29 is 4.21 Å². The first-order valence-corrected chi connectivity index (χ1v) is 19.0. The van der Waals surface area contributed by atoms with Gasteiger partial charge in [-0.2, -0.15) is 0 Å². The van der Waals surface area contributed by atoms with Crippen molar-refractivity contribution in [2.24, 2.45) is 0 Å². The predicted octanol–water partition coefficient (Wildman–Crippen LogP) is 10.8. The molecule has 0 saturated carbocycles. The van der Waals surface area contributed by atoms with Crippen molar-refractivity contribution in [3.8, 4) is 17.2 Å². The molecule has 7 aromatic carbocycles. The van der Waals surface area contributed by atoms with Crippen LogP contribution in [0.1, 0.15) is 22.3 Å². The third-order valence-electron chi connectivity index (χ3n) is 9.98. The molecule has 5 heteroatoms. The molecule has 52 heavy (non-hydrogen) atoms. The number of aromatic nitrogens is 3. The van der Waals surface area contributed by atoms with Crippen molar-refractivity contribution in [1.29, 1.82) is 0 Å². The molecule has 0 bridgehead atoms. The van der Waals surface area contributed by atoms with E-state index in [1.807, 2.05) is 84.2 Å². The highest BCUT2D eigenvalue weighted by molar-refractivity contribution is 8.10. The molecular formula is C47H31N3OS. The van der Waals surface area contributed by atoms with Gasteiger partial charge in [-0.15, -0.1) is 0 Å². The SMILES string of the molecule is O=S1(c2ccccc2)=Cc2ccccc2C(c2ccccc2)=C1c1ccc2c(c1)c1ccccc1n2-c1nc(-c2ccccc2)c2ccccc2n1. The van der Waals surface area contributed by atoms with Gasteiger partial charge in [0.25, 0.3) is 0 Å². The Bertz CT molecular complexity index is 2990. The molecular weight excluding hydrogens is 655 g/mol. The van der Waals surface area contributed by atoms with E-state index in [4.69, 9.17) is 9.97 Å². The number of hydrogen-bond acceptors (Lipinski definition) is 3. The minimum Gasteiger partial charge on any atom is -0.278 e. The normalized spacial score (nSPS) is 15.5. The Hall–Kier alpha value is -6.56. The van der Waals surface area contributed by atoms with Crippen LogP contribution in [0.25, 0.3) is 60.4 Å². The fraction of sp³-hybridized carbons (Fsp3) is 0. The molecule has 1 unspecified atom stereocenters. The van der Waals surface area contributed by atoms with Gasteiger partial charge in [-0.25, -0.2) is 9.97 Å². The third-order valence-corrected chi connectivity index (χ3v) is 12.6. The second kappa shape index (κ2) is 12.0. The molecule has 0 N–H and O–H groups in total. The van der Waals surface area contributed by atoms with Gasteiger partial charge in [0.1, 0.15) is 0 Å². The Balaban J connectivity index is 1.28. The van der Waals surface area contributed by atoms with E-state index < -0.39 is 9.52 Å². The molecule has 2 aromatic heterocycles. The summed E-state index contributed by atoms with van der Waals surface area (Å²) in [5, 5.41) is 5.11. The van der Waals surface area contributed by atoms with E-state index in [-0.39, 0.29) is 0 Å². The smallest absolute Gasteiger partial charge is 0.235 e. The largest absolute Gasteiger partial charge is 0.278 e. The number of para-hydroxylation sites is 2. The number of nitrogens with zero attached hydrogens (tertiary/aromatic N) is 3. The highest BCUT2D eigenvalue weighted by atomic mass is 32.2. The van der Waals surface area contributed by atoms with Crippen molar-refractivity contribution >= 4 is 58.1 Å². The average molecular weight is 686 g/mol. The lowest BCUT2D eigenvalue weighted by atomic mass is 9.92. The maximum Gasteiger partial charge on any atom is 0.235 e. The van der Waals surface area contributed by atoms with Gasteiger partial charge in [-0.3, -0.25) is 8.78 Å². The van der Waals surface area contributed by atoms with Crippen LogP contribution in [0.5, 0.6) is 0 Å². The van der Waals surface area contributed by atoms with E-state index in [0.717, 1.165) is 81.6 Å². The van der Waals surface area contributed by atoms with Gasteiger partial charge in [0, 0.05) is 47.1 Å². The Morgan fingerprint density at radius 3 is 1.88 bits per heavy atom. The second-order valence-corrected chi connectivity index (χ2v) is 15.3. The van der Waals surface area contributed by atoms with E-state index in [0.29, 0.717) is 5.95 Å². The zero-order valence-corrected chi connectivity index (χ0v) is 28.9. The van der Waals surface area contributed by atoms with Crippen LogP contribution in [0.4, 0.5) is 0 Å². The minimum atomic E-state index is -2.88. The minimum absolute atomic E-state index is 0.605. The lowest BCUT2D eigenvalue weighted by Crippen LogP contribution is -2.16. The molecule has 0 fully saturated rings. The summed E-state index contributed by atoms with van der Waals surface area (Å²) < 4.78 is 18.0. The van der Waals surface area contributed by atoms with Crippen molar-refractivity contribution in [3.05, 3.63) is 204 Å². The van der Waals surface area contributed by atoms with Crippen LogP contribution in [0.2, 0.25) is 0 Å². The van der Waals surface area contributed by atoms with Gasteiger partial charge in [0.2, 0.25) is 5.95 Å². The van der Waals surface area contributed by atoms with Crippen LogP contribution in [0, 0.1) is 0 Å². The van der Waals surface area contributed by atoms with Crippen molar-refractivity contribution in [1.82, 2.24) is 14.5 Å². The highest BCUT2D eigenvalue weighted by Crippen LogP contribution is 2.45. The molecule has 9 aromatic rings. The fourth-order valence-electron chi connectivity index (χ4n) is 7.67. The third kappa shape index (κ3) is 4.74. The summed E-state index contributed by atoms with van der Waals surface area (Å²) in [6, 6.07) is 61.9. The summed E-state index contributed by atoms with van der Waals surface area (Å²) in [6.45, 7) is 0.